The Hall–Kier alpha value is -2.12. The zero-order valence-corrected chi connectivity index (χ0v) is 12.9. The minimum Gasteiger partial charge on any atom is -0.481 e. The van der Waals surface area contributed by atoms with Crippen LogP contribution in [0.15, 0.2) is 0 Å². The first kappa shape index (κ1) is 17.9. The lowest BCUT2D eigenvalue weighted by Crippen LogP contribution is -2.57. The Morgan fingerprint density at radius 2 is 1.73 bits per heavy atom. The molecule has 2 unspecified atom stereocenters. The summed E-state index contributed by atoms with van der Waals surface area (Å²) >= 11 is 0. The fourth-order valence-corrected chi connectivity index (χ4v) is 2.69. The number of aliphatic carboxylic acids is 1. The summed E-state index contributed by atoms with van der Waals surface area (Å²) in [7, 11) is 0. The van der Waals surface area contributed by atoms with Crippen molar-refractivity contribution < 1.29 is 24.3 Å². The molecule has 124 valence electrons. The molecule has 1 aliphatic rings. The third kappa shape index (κ3) is 5.34. The average Bonchev–Trinajstić information content (AvgIpc) is 2.42. The first-order valence-corrected chi connectivity index (χ1v) is 7.29. The van der Waals surface area contributed by atoms with Crippen LogP contribution >= 0.6 is 0 Å². The Morgan fingerprint density at radius 3 is 2.32 bits per heavy atom. The first-order valence-electron chi connectivity index (χ1n) is 7.29. The van der Waals surface area contributed by atoms with Gasteiger partial charge < -0.3 is 21.1 Å². The van der Waals surface area contributed by atoms with Crippen LogP contribution in [0.3, 0.4) is 0 Å². The predicted octanol–water partition coefficient (Wildman–Crippen LogP) is -0.612. The van der Waals surface area contributed by atoms with Gasteiger partial charge in [0.05, 0.1) is 24.5 Å². The second-order valence-corrected chi connectivity index (χ2v) is 5.79. The molecule has 0 radical (unpaired) electrons. The van der Waals surface area contributed by atoms with Crippen molar-refractivity contribution in [3.63, 3.8) is 0 Å². The van der Waals surface area contributed by atoms with Gasteiger partial charge in [-0.25, -0.2) is 0 Å². The van der Waals surface area contributed by atoms with E-state index in [0.717, 1.165) is 12.8 Å². The average molecular weight is 313 g/mol. The number of hydrogen-bond acceptors (Lipinski definition) is 4. The molecular formula is C14H23N3O5. The summed E-state index contributed by atoms with van der Waals surface area (Å²) in [6.45, 7) is 2.57. The highest BCUT2D eigenvalue weighted by Crippen LogP contribution is 2.33. The summed E-state index contributed by atoms with van der Waals surface area (Å²) in [6.07, 6.45) is 2.81. The van der Waals surface area contributed by atoms with E-state index in [1.54, 1.807) is 6.92 Å². The normalized spacial score (nSPS) is 24.2. The van der Waals surface area contributed by atoms with E-state index >= 15 is 0 Å². The van der Waals surface area contributed by atoms with E-state index in [1.807, 2.05) is 0 Å². The quantitative estimate of drug-likeness (QED) is 0.520. The van der Waals surface area contributed by atoms with Gasteiger partial charge in [-0.1, -0.05) is 12.8 Å². The number of rotatable bonds is 6. The molecular weight excluding hydrogens is 290 g/mol. The molecule has 3 amide bonds. The van der Waals surface area contributed by atoms with Crippen LogP contribution in [-0.2, 0) is 19.2 Å². The minimum absolute atomic E-state index is 0.197. The van der Waals surface area contributed by atoms with E-state index in [1.165, 1.54) is 6.92 Å². The molecule has 1 fully saturated rings. The summed E-state index contributed by atoms with van der Waals surface area (Å²) in [4.78, 5) is 45.3. The van der Waals surface area contributed by atoms with Crippen molar-refractivity contribution in [2.24, 2.45) is 5.92 Å². The van der Waals surface area contributed by atoms with E-state index in [-0.39, 0.29) is 19.0 Å². The summed E-state index contributed by atoms with van der Waals surface area (Å²) < 4.78 is 0. The van der Waals surface area contributed by atoms with Gasteiger partial charge in [-0.15, -0.1) is 0 Å². The maximum atomic E-state index is 11.9. The molecule has 0 bridgehead atoms. The lowest BCUT2D eigenvalue weighted by molar-refractivity contribution is -0.146. The predicted molar refractivity (Wildman–Crippen MR) is 77.8 cm³/mol. The SMILES string of the molecule is CC(=O)NCC(=O)NCC(=O)NC1(C)CCCCC1C(=O)O. The van der Waals surface area contributed by atoms with Gasteiger partial charge >= 0.3 is 5.97 Å². The Bertz CT molecular complexity index is 465. The maximum absolute atomic E-state index is 11.9. The molecule has 1 rings (SSSR count). The molecule has 0 aromatic heterocycles. The van der Waals surface area contributed by atoms with Gasteiger partial charge in [0, 0.05) is 6.92 Å². The van der Waals surface area contributed by atoms with Gasteiger partial charge in [-0.2, -0.15) is 0 Å². The van der Waals surface area contributed by atoms with Crippen molar-refractivity contribution in [1.82, 2.24) is 16.0 Å². The van der Waals surface area contributed by atoms with Gasteiger partial charge in [0.25, 0.3) is 0 Å². The molecule has 2 atom stereocenters. The number of carboxylic acid groups (broad SMARTS) is 1. The lowest BCUT2D eigenvalue weighted by atomic mass is 9.74. The number of carbonyl (C=O) groups excluding carboxylic acids is 3. The van der Waals surface area contributed by atoms with Crippen LogP contribution in [0, 0.1) is 5.92 Å². The van der Waals surface area contributed by atoms with Crippen molar-refractivity contribution in [3.8, 4) is 0 Å². The number of amides is 3. The molecule has 0 aromatic carbocycles. The van der Waals surface area contributed by atoms with Crippen molar-refractivity contribution >= 4 is 23.7 Å². The van der Waals surface area contributed by atoms with Gasteiger partial charge in [-0.05, 0) is 19.8 Å². The summed E-state index contributed by atoms with van der Waals surface area (Å²) in [5.74, 6) is -2.79. The van der Waals surface area contributed by atoms with Crippen LogP contribution in [0.4, 0.5) is 0 Å². The van der Waals surface area contributed by atoms with Crippen molar-refractivity contribution in [2.75, 3.05) is 13.1 Å². The Balaban J connectivity index is 2.47. The van der Waals surface area contributed by atoms with Gasteiger partial charge in [-0.3, -0.25) is 19.2 Å². The van der Waals surface area contributed by atoms with Crippen LogP contribution in [0.25, 0.3) is 0 Å². The zero-order chi connectivity index (χ0) is 16.8. The van der Waals surface area contributed by atoms with Crippen molar-refractivity contribution in [2.45, 2.75) is 45.1 Å². The molecule has 0 spiro atoms. The molecule has 0 heterocycles. The van der Waals surface area contributed by atoms with Crippen molar-refractivity contribution in [3.05, 3.63) is 0 Å². The molecule has 22 heavy (non-hydrogen) atoms. The Kier molecular flexibility index (Phi) is 6.33. The maximum Gasteiger partial charge on any atom is 0.308 e. The third-order valence-electron chi connectivity index (χ3n) is 3.88. The Morgan fingerprint density at radius 1 is 1.09 bits per heavy atom. The Labute approximate surface area is 129 Å². The molecule has 4 N–H and O–H groups in total. The second kappa shape index (κ2) is 7.77. The van der Waals surface area contributed by atoms with Crippen molar-refractivity contribution in [1.29, 1.82) is 0 Å². The summed E-state index contributed by atoms with van der Waals surface area (Å²) in [6, 6.07) is 0. The van der Waals surface area contributed by atoms with E-state index in [4.69, 9.17) is 0 Å². The van der Waals surface area contributed by atoms with E-state index < -0.39 is 29.2 Å². The number of nitrogens with one attached hydrogen (secondary N) is 3. The molecule has 8 heteroatoms. The smallest absolute Gasteiger partial charge is 0.308 e. The minimum atomic E-state index is -0.919. The standard InChI is InChI=1S/C14H23N3O5/c1-9(18)15-7-11(19)16-8-12(20)17-14(2)6-4-3-5-10(14)13(21)22/h10H,3-8H2,1-2H3,(H,15,18)(H,16,19)(H,17,20)(H,21,22). The van der Waals surface area contributed by atoms with Gasteiger partial charge in [0.15, 0.2) is 0 Å². The molecule has 1 aliphatic carbocycles. The molecule has 0 aromatic rings. The van der Waals surface area contributed by atoms with Gasteiger partial charge in [0.1, 0.15) is 0 Å². The molecule has 0 aliphatic heterocycles. The second-order valence-electron chi connectivity index (χ2n) is 5.79. The number of carbonyl (C=O) groups is 4. The lowest BCUT2D eigenvalue weighted by Gasteiger charge is -2.39. The van der Waals surface area contributed by atoms with Crippen LogP contribution in [0.2, 0.25) is 0 Å². The largest absolute Gasteiger partial charge is 0.481 e. The van der Waals surface area contributed by atoms with Crippen LogP contribution in [0.1, 0.15) is 39.5 Å². The van der Waals surface area contributed by atoms with Gasteiger partial charge in [0.2, 0.25) is 17.7 Å². The van der Waals surface area contributed by atoms with Crippen LogP contribution in [0.5, 0.6) is 0 Å². The fourth-order valence-electron chi connectivity index (χ4n) is 2.69. The number of carboxylic acids is 1. The number of hydrogen-bond donors (Lipinski definition) is 4. The zero-order valence-electron chi connectivity index (χ0n) is 12.9. The topological polar surface area (TPSA) is 125 Å². The third-order valence-corrected chi connectivity index (χ3v) is 3.88. The monoisotopic (exact) mass is 313 g/mol. The van der Waals surface area contributed by atoms with Crippen LogP contribution < -0.4 is 16.0 Å². The van der Waals surface area contributed by atoms with E-state index in [0.29, 0.717) is 12.8 Å². The summed E-state index contributed by atoms with van der Waals surface area (Å²) in [5, 5.41) is 16.7. The summed E-state index contributed by atoms with van der Waals surface area (Å²) in [5.41, 5.74) is -0.802. The van der Waals surface area contributed by atoms with E-state index in [2.05, 4.69) is 16.0 Å². The highest BCUT2D eigenvalue weighted by molar-refractivity contribution is 5.88. The van der Waals surface area contributed by atoms with E-state index in [9.17, 15) is 24.3 Å². The molecule has 1 saturated carbocycles. The first-order chi connectivity index (χ1) is 10.2. The fraction of sp³-hybridized carbons (Fsp3) is 0.714. The van der Waals surface area contributed by atoms with Crippen LogP contribution in [-0.4, -0.2) is 47.4 Å². The molecule has 8 nitrogen and oxygen atoms in total. The highest BCUT2D eigenvalue weighted by atomic mass is 16.4. The molecule has 0 saturated heterocycles. The highest BCUT2D eigenvalue weighted by Gasteiger charge is 2.42.